The molecule has 0 saturated heterocycles. The first-order chi connectivity index (χ1) is 17.3. The Bertz CT molecular complexity index is 1340. The molecular weight excluding hydrogens is 463 g/mol. The van der Waals surface area contributed by atoms with Crippen LogP contribution in [0, 0.1) is 11.2 Å². The third kappa shape index (κ3) is 4.48. The number of halogens is 1. The van der Waals surface area contributed by atoms with Gasteiger partial charge in [0.05, 0.1) is 17.6 Å². The molecule has 0 unspecified atom stereocenters. The Balaban J connectivity index is 1.36. The molecule has 2 aliphatic heterocycles. The summed E-state index contributed by atoms with van der Waals surface area (Å²) in [7, 11) is 0. The maximum atomic E-state index is 14.9. The van der Waals surface area contributed by atoms with E-state index >= 15 is 0 Å². The molecule has 36 heavy (non-hydrogen) atoms. The summed E-state index contributed by atoms with van der Waals surface area (Å²) in [6.07, 6.45) is 3.49. The van der Waals surface area contributed by atoms with Crippen LogP contribution in [-0.4, -0.2) is 54.7 Å². The minimum absolute atomic E-state index is 0.114. The van der Waals surface area contributed by atoms with Crippen LogP contribution >= 0.6 is 0 Å². The number of benzene rings is 1. The number of aromatic nitrogens is 4. The van der Waals surface area contributed by atoms with Crippen LogP contribution < -0.4 is 5.32 Å². The Morgan fingerprint density at radius 1 is 1.11 bits per heavy atom. The molecule has 2 aliphatic rings. The highest BCUT2D eigenvalue weighted by Gasteiger charge is 2.33. The van der Waals surface area contributed by atoms with E-state index in [1.54, 1.807) is 36.9 Å². The second-order valence-electron chi connectivity index (χ2n) is 10.0. The highest BCUT2D eigenvalue weighted by atomic mass is 19.1. The number of hydrogen-bond acceptors (Lipinski definition) is 6. The summed E-state index contributed by atoms with van der Waals surface area (Å²) >= 11 is 0. The van der Waals surface area contributed by atoms with Crippen LogP contribution in [-0.2, 0) is 30.7 Å². The zero-order valence-corrected chi connectivity index (χ0v) is 20.4. The number of rotatable bonds is 5. The number of anilines is 1. The molecule has 2 amide bonds. The number of hydrogen-bond donors (Lipinski definition) is 2. The molecule has 4 heterocycles. The maximum absolute atomic E-state index is 14.9. The van der Waals surface area contributed by atoms with Gasteiger partial charge in [-0.2, -0.15) is 0 Å². The second kappa shape index (κ2) is 9.42. The number of pyridine rings is 1. The Labute approximate surface area is 208 Å². The molecule has 0 atom stereocenters. The number of fused-ring (bicyclic) bond motifs is 2. The Morgan fingerprint density at radius 3 is 2.75 bits per heavy atom. The van der Waals surface area contributed by atoms with Crippen LogP contribution in [0.2, 0.25) is 0 Å². The van der Waals surface area contributed by atoms with Crippen LogP contribution in [0.25, 0.3) is 11.5 Å². The normalized spacial score (nSPS) is 15.3. The lowest BCUT2D eigenvalue weighted by Crippen LogP contribution is -2.45. The minimum Gasteiger partial charge on any atom is -0.395 e. The fourth-order valence-electron chi connectivity index (χ4n) is 4.73. The van der Waals surface area contributed by atoms with Gasteiger partial charge in [0.1, 0.15) is 23.2 Å². The summed E-state index contributed by atoms with van der Waals surface area (Å²) in [5.74, 6) is 0.438. The number of amides is 2. The van der Waals surface area contributed by atoms with Gasteiger partial charge in [0, 0.05) is 26.1 Å². The predicted molar refractivity (Wildman–Crippen MR) is 131 cm³/mol. The van der Waals surface area contributed by atoms with E-state index in [9.17, 15) is 19.1 Å². The molecule has 2 N–H and O–H groups in total. The van der Waals surface area contributed by atoms with Gasteiger partial charge in [0.15, 0.2) is 5.82 Å². The SMILES string of the molecule is CC(C)(CO)C(=O)N1CCc2cc(F)c(C(=O)Nc3cccc(-c4nnc5n4CCCC5)n3)cc2C1. The second-order valence-corrected chi connectivity index (χ2v) is 10.0. The first kappa shape index (κ1) is 24.1. The zero-order valence-electron chi connectivity index (χ0n) is 20.4. The first-order valence-corrected chi connectivity index (χ1v) is 12.2. The largest absolute Gasteiger partial charge is 0.395 e. The van der Waals surface area contributed by atoms with Gasteiger partial charge in [-0.1, -0.05) is 6.07 Å². The first-order valence-electron chi connectivity index (χ1n) is 12.2. The van der Waals surface area contributed by atoms with Crippen molar-refractivity contribution in [2.75, 3.05) is 18.5 Å². The van der Waals surface area contributed by atoms with Gasteiger partial charge in [-0.25, -0.2) is 9.37 Å². The van der Waals surface area contributed by atoms with Crippen LogP contribution in [0.15, 0.2) is 30.3 Å². The Hall–Kier alpha value is -3.66. The van der Waals surface area contributed by atoms with Gasteiger partial charge in [-0.05, 0) is 68.5 Å². The fourth-order valence-corrected chi connectivity index (χ4v) is 4.73. The van der Waals surface area contributed by atoms with Crippen molar-refractivity contribution in [1.29, 1.82) is 0 Å². The average molecular weight is 493 g/mol. The van der Waals surface area contributed by atoms with E-state index in [2.05, 4.69) is 20.5 Å². The van der Waals surface area contributed by atoms with Crippen LogP contribution in [0.4, 0.5) is 10.2 Å². The van der Waals surface area contributed by atoms with Crippen molar-refractivity contribution < 1.29 is 19.1 Å². The van der Waals surface area contributed by atoms with Crippen molar-refractivity contribution in [2.24, 2.45) is 5.41 Å². The molecule has 1 aromatic carbocycles. The summed E-state index contributed by atoms with van der Waals surface area (Å²) in [4.78, 5) is 32.0. The van der Waals surface area contributed by atoms with E-state index in [0.29, 0.717) is 30.0 Å². The van der Waals surface area contributed by atoms with Crippen LogP contribution in [0.3, 0.4) is 0 Å². The minimum atomic E-state index is -0.905. The third-order valence-corrected chi connectivity index (χ3v) is 6.89. The summed E-state index contributed by atoms with van der Waals surface area (Å²) in [6, 6.07) is 8.08. The van der Waals surface area contributed by atoms with Gasteiger partial charge in [0.25, 0.3) is 5.91 Å². The molecule has 0 aliphatic carbocycles. The van der Waals surface area contributed by atoms with E-state index < -0.39 is 17.1 Å². The number of carbonyl (C=O) groups is 2. The molecule has 188 valence electrons. The van der Waals surface area contributed by atoms with E-state index in [0.717, 1.165) is 37.2 Å². The van der Waals surface area contributed by atoms with Gasteiger partial charge in [0.2, 0.25) is 5.91 Å². The number of aliphatic hydroxyl groups is 1. The molecule has 0 saturated carbocycles. The topological polar surface area (TPSA) is 113 Å². The molecule has 0 fully saturated rings. The quantitative estimate of drug-likeness (QED) is 0.566. The number of nitrogens with one attached hydrogen (secondary N) is 1. The molecule has 0 bridgehead atoms. The van der Waals surface area contributed by atoms with Crippen molar-refractivity contribution in [3.8, 4) is 11.5 Å². The van der Waals surface area contributed by atoms with Gasteiger partial charge < -0.3 is 19.9 Å². The van der Waals surface area contributed by atoms with E-state index in [1.165, 1.54) is 12.1 Å². The number of carbonyl (C=O) groups excluding carboxylic acids is 2. The lowest BCUT2D eigenvalue weighted by Gasteiger charge is -2.34. The van der Waals surface area contributed by atoms with Gasteiger partial charge >= 0.3 is 0 Å². The monoisotopic (exact) mass is 492 g/mol. The highest BCUT2D eigenvalue weighted by Crippen LogP contribution is 2.28. The third-order valence-electron chi connectivity index (χ3n) is 6.89. The molecule has 10 heteroatoms. The average Bonchev–Trinajstić information content (AvgIpc) is 3.32. The molecule has 5 rings (SSSR count). The van der Waals surface area contributed by atoms with Crippen LogP contribution in [0.1, 0.15) is 54.0 Å². The maximum Gasteiger partial charge on any atom is 0.259 e. The zero-order chi connectivity index (χ0) is 25.4. The van der Waals surface area contributed by atoms with Crippen molar-refractivity contribution in [2.45, 2.75) is 52.6 Å². The van der Waals surface area contributed by atoms with Crippen molar-refractivity contribution in [1.82, 2.24) is 24.6 Å². The fraction of sp³-hybridized carbons (Fsp3) is 0.423. The molecule has 0 spiro atoms. The van der Waals surface area contributed by atoms with E-state index in [1.807, 2.05) is 4.57 Å². The van der Waals surface area contributed by atoms with Crippen molar-refractivity contribution in [3.63, 3.8) is 0 Å². The van der Waals surface area contributed by atoms with Crippen LogP contribution in [0.5, 0.6) is 0 Å². The van der Waals surface area contributed by atoms with E-state index in [4.69, 9.17) is 0 Å². The number of aliphatic hydroxyl groups excluding tert-OH is 1. The summed E-state index contributed by atoms with van der Waals surface area (Å²) in [5.41, 5.74) is 1.05. The molecule has 3 aromatic rings. The van der Waals surface area contributed by atoms with Gasteiger partial charge in [-0.3, -0.25) is 9.59 Å². The molecule has 9 nitrogen and oxygen atoms in total. The summed E-state index contributed by atoms with van der Waals surface area (Å²) < 4.78 is 17.0. The number of aryl methyl sites for hydroxylation is 1. The molecule has 0 radical (unpaired) electrons. The molecule has 2 aromatic heterocycles. The number of nitrogens with zero attached hydrogens (tertiary/aromatic N) is 5. The van der Waals surface area contributed by atoms with Crippen molar-refractivity contribution in [3.05, 3.63) is 58.7 Å². The lowest BCUT2D eigenvalue weighted by atomic mass is 9.90. The smallest absolute Gasteiger partial charge is 0.259 e. The standard InChI is InChI=1S/C26H29FN6O3/c1-26(2,15-34)25(36)32-11-9-16-13-19(27)18(12-17(16)14-32)24(35)29-21-7-5-6-20(28-21)23-31-30-22-8-3-4-10-33(22)23/h5-7,12-13,34H,3-4,8-11,14-15H2,1-2H3,(H,28,29,35). The Morgan fingerprint density at radius 2 is 1.94 bits per heavy atom. The van der Waals surface area contributed by atoms with E-state index in [-0.39, 0.29) is 30.4 Å². The summed E-state index contributed by atoms with van der Waals surface area (Å²) in [6.45, 7) is 4.62. The predicted octanol–water partition coefficient (Wildman–Crippen LogP) is 2.97. The summed E-state index contributed by atoms with van der Waals surface area (Å²) in [5, 5.41) is 20.8. The van der Waals surface area contributed by atoms with Crippen molar-refractivity contribution >= 4 is 17.6 Å². The Kier molecular flexibility index (Phi) is 6.29. The molecular formula is C26H29FN6O3. The van der Waals surface area contributed by atoms with Gasteiger partial charge in [-0.15, -0.1) is 10.2 Å². The highest BCUT2D eigenvalue weighted by molar-refractivity contribution is 6.04. The lowest BCUT2D eigenvalue weighted by molar-refractivity contribution is -0.143.